The maximum atomic E-state index is 5.50. The maximum Gasteiger partial charge on any atom is 0.257 e. The average molecular weight is 223 g/mol. The van der Waals surface area contributed by atoms with Gasteiger partial charge in [-0.1, -0.05) is 5.16 Å². The van der Waals surface area contributed by atoms with E-state index in [9.17, 15) is 0 Å². The Balaban J connectivity index is 2.25. The maximum absolute atomic E-state index is 5.50. The lowest BCUT2D eigenvalue weighted by Gasteiger charge is -2.05. The molecule has 86 valence electrons. The van der Waals surface area contributed by atoms with Crippen molar-refractivity contribution in [2.24, 2.45) is 12.8 Å². The lowest BCUT2D eigenvalue weighted by atomic mass is 10.3. The van der Waals surface area contributed by atoms with Crippen LogP contribution >= 0.6 is 0 Å². The van der Waals surface area contributed by atoms with Gasteiger partial charge >= 0.3 is 0 Å². The zero-order valence-corrected chi connectivity index (χ0v) is 9.12. The van der Waals surface area contributed by atoms with Crippen molar-refractivity contribution < 1.29 is 9.26 Å². The van der Waals surface area contributed by atoms with E-state index in [1.165, 1.54) is 0 Å². The Labute approximate surface area is 92.2 Å². The zero-order chi connectivity index (χ0) is 11.5. The summed E-state index contributed by atoms with van der Waals surface area (Å²) in [7, 11) is 3.37. The molecule has 0 bridgehead atoms. The Morgan fingerprint density at radius 3 is 3.00 bits per heavy atom. The van der Waals surface area contributed by atoms with Crippen LogP contribution in [0.15, 0.2) is 16.9 Å². The Morgan fingerprint density at radius 1 is 1.62 bits per heavy atom. The summed E-state index contributed by atoms with van der Waals surface area (Å²) in [6.45, 7) is 0.297. The van der Waals surface area contributed by atoms with E-state index in [0.29, 0.717) is 18.3 Å². The van der Waals surface area contributed by atoms with Gasteiger partial charge in [-0.2, -0.15) is 10.1 Å². The van der Waals surface area contributed by atoms with Gasteiger partial charge in [0.15, 0.2) is 0 Å². The summed E-state index contributed by atoms with van der Waals surface area (Å²) in [4.78, 5) is 4.20. The standard InChI is InChI=1S/C9H13N5O2/c1-14-5-6(4-11-14)8-12-9(16-13-8)7(3-10)15-2/h4-5,7H,3,10H2,1-2H3. The van der Waals surface area contributed by atoms with Crippen LogP contribution in [0.25, 0.3) is 11.4 Å². The van der Waals surface area contributed by atoms with Crippen LogP contribution < -0.4 is 5.73 Å². The van der Waals surface area contributed by atoms with E-state index in [4.69, 9.17) is 15.0 Å². The molecule has 2 rings (SSSR count). The van der Waals surface area contributed by atoms with Gasteiger partial charge in [-0.15, -0.1) is 0 Å². The molecule has 2 N–H and O–H groups in total. The third-order valence-electron chi connectivity index (χ3n) is 2.18. The Kier molecular flexibility index (Phi) is 2.97. The first-order valence-electron chi connectivity index (χ1n) is 4.80. The van der Waals surface area contributed by atoms with E-state index in [2.05, 4.69) is 15.2 Å². The van der Waals surface area contributed by atoms with Crippen LogP contribution in [-0.4, -0.2) is 33.6 Å². The topological polar surface area (TPSA) is 92.0 Å². The number of hydrogen-bond acceptors (Lipinski definition) is 6. The quantitative estimate of drug-likeness (QED) is 0.791. The Morgan fingerprint density at radius 2 is 2.44 bits per heavy atom. The summed E-state index contributed by atoms with van der Waals surface area (Å²) >= 11 is 0. The SMILES string of the molecule is COC(CN)c1nc(-c2cnn(C)c2)no1. The van der Waals surface area contributed by atoms with E-state index in [-0.39, 0.29) is 6.10 Å². The molecule has 7 nitrogen and oxygen atoms in total. The highest BCUT2D eigenvalue weighted by Crippen LogP contribution is 2.18. The molecule has 0 saturated carbocycles. The van der Waals surface area contributed by atoms with Gasteiger partial charge in [-0.3, -0.25) is 4.68 Å². The van der Waals surface area contributed by atoms with Crippen molar-refractivity contribution in [3.63, 3.8) is 0 Å². The molecular weight excluding hydrogens is 210 g/mol. The van der Waals surface area contributed by atoms with Crippen molar-refractivity contribution in [1.29, 1.82) is 0 Å². The molecule has 0 aliphatic heterocycles. The first-order chi connectivity index (χ1) is 7.74. The minimum atomic E-state index is -0.363. The Hall–Kier alpha value is -1.73. The summed E-state index contributed by atoms with van der Waals surface area (Å²) in [5, 5.41) is 7.87. The van der Waals surface area contributed by atoms with Gasteiger partial charge in [0.25, 0.3) is 5.89 Å². The second-order valence-electron chi connectivity index (χ2n) is 3.32. The summed E-state index contributed by atoms with van der Waals surface area (Å²) < 4.78 is 11.8. The molecule has 2 aromatic rings. The van der Waals surface area contributed by atoms with Gasteiger partial charge in [0, 0.05) is 26.9 Å². The minimum absolute atomic E-state index is 0.297. The molecule has 2 aromatic heterocycles. The highest BCUT2D eigenvalue weighted by atomic mass is 16.5. The molecule has 2 heterocycles. The van der Waals surface area contributed by atoms with Gasteiger partial charge in [-0.25, -0.2) is 0 Å². The molecule has 0 spiro atoms. The fourth-order valence-electron chi connectivity index (χ4n) is 1.32. The molecule has 0 aromatic carbocycles. The van der Waals surface area contributed by atoms with E-state index < -0.39 is 0 Å². The minimum Gasteiger partial charge on any atom is -0.370 e. The van der Waals surface area contributed by atoms with Crippen LogP contribution in [0.2, 0.25) is 0 Å². The van der Waals surface area contributed by atoms with Gasteiger partial charge in [0.1, 0.15) is 6.10 Å². The number of aryl methyl sites for hydroxylation is 1. The smallest absolute Gasteiger partial charge is 0.257 e. The van der Waals surface area contributed by atoms with Crippen molar-refractivity contribution >= 4 is 0 Å². The van der Waals surface area contributed by atoms with Crippen LogP contribution in [-0.2, 0) is 11.8 Å². The molecule has 0 saturated heterocycles. The van der Waals surface area contributed by atoms with Crippen LogP contribution in [0.5, 0.6) is 0 Å². The van der Waals surface area contributed by atoms with Crippen LogP contribution in [0.4, 0.5) is 0 Å². The highest BCUT2D eigenvalue weighted by molar-refractivity contribution is 5.50. The number of nitrogens with two attached hydrogens (primary N) is 1. The second kappa shape index (κ2) is 4.42. The van der Waals surface area contributed by atoms with Crippen molar-refractivity contribution in [3.05, 3.63) is 18.3 Å². The van der Waals surface area contributed by atoms with Crippen LogP contribution in [0.1, 0.15) is 12.0 Å². The van der Waals surface area contributed by atoms with E-state index in [1.807, 2.05) is 7.05 Å². The predicted octanol–water partition coefficient (Wildman–Crippen LogP) is 0.116. The molecule has 7 heteroatoms. The average Bonchev–Trinajstić information content (AvgIpc) is 2.89. The van der Waals surface area contributed by atoms with E-state index in [0.717, 1.165) is 5.56 Å². The van der Waals surface area contributed by atoms with Crippen molar-refractivity contribution in [2.75, 3.05) is 13.7 Å². The monoisotopic (exact) mass is 223 g/mol. The van der Waals surface area contributed by atoms with Gasteiger partial charge in [0.2, 0.25) is 5.82 Å². The number of nitrogens with zero attached hydrogens (tertiary/aromatic N) is 4. The van der Waals surface area contributed by atoms with Gasteiger partial charge in [0.05, 0.1) is 11.8 Å². The van der Waals surface area contributed by atoms with Crippen LogP contribution in [0.3, 0.4) is 0 Å². The number of ether oxygens (including phenoxy) is 1. The fourth-order valence-corrected chi connectivity index (χ4v) is 1.32. The number of methoxy groups -OCH3 is 1. The number of rotatable bonds is 4. The van der Waals surface area contributed by atoms with Gasteiger partial charge in [-0.05, 0) is 0 Å². The van der Waals surface area contributed by atoms with Crippen molar-refractivity contribution in [2.45, 2.75) is 6.10 Å². The first-order valence-corrected chi connectivity index (χ1v) is 4.80. The van der Waals surface area contributed by atoms with Crippen molar-refractivity contribution in [3.8, 4) is 11.4 Å². The molecule has 0 amide bonds. The third kappa shape index (κ3) is 1.95. The zero-order valence-electron chi connectivity index (χ0n) is 9.12. The Bertz CT molecular complexity index is 460. The lowest BCUT2D eigenvalue weighted by Crippen LogP contribution is -2.14. The first kappa shape index (κ1) is 10.8. The summed E-state index contributed by atoms with van der Waals surface area (Å²) in [5.41, 5.74) is 6.29. The largest absolute Gasteiger partial charge is 0.370 e. The van der Waals surface area contributed by atoms with Gasteiger partial charge < -0.3 is 15.0 Å². The normalized spacial score (nSPS) is 12.9. The lowest BCUT2D eigenvalue weighted by molar-refractivity contribution is 0.0804. The number of hydrogen-bond donors (Lipinski definition) is 1. The van der Waals surface area contributed by atoms with E-state index in [1.54, 1.807) is 24.2 Å². The van der Waals surface area contributed by atoms with Crippen molar-refractivity contribution in [1.82, 2.24) is 19.9 Å². The molecular formula is C9H13N5O2. The predicted molar refractivity (Wildman–Crippen MR) is 55.3 cm³/mol. The number of aromatic nitrogens is 4. The molecule has 0 aliphatic carbocycles. The molecule has 0 radical (unpaired) electrons. The molecule has 1 atom stereocenters. The molecule has 0 aliphatic rings. The highest BCUT2D eigenvalue weighted by Gasteiger charge is 2.17. The summed E-state index contributed by atoms with van der Waals surface area (Å²) in [6, 6.07) is 0. The molecule has 16 heavy (non-hydrogen) atoms. The summed E-state index contributed by atoms with van der Waals surface area (Å²) in [6.07, 6.45) is 3.11. The van der Waals surface area contributed by atoms with E-state index >= 15 is 0 Å². The third-order valence-corrected chi connectivity index (χ3v) is 2.18. The molecule has 1 unspecified atom stereocenters. The fraction of sp³-hybridized carbons (Fsp3) is 0.444. The summed E-state index contributed by atoms with van der Waals surface area (Å²) in [5.74, 6) is 0.863. The second-order valence-corrected chi connectivity index (χ2v) is 3.32. The molecule has 0 fully saturated rings. The van der Waals surface area contributed by atoms with Crippen LogP contribution in [0, 0.1) is 0 Å².